The summed E-state index contributed by atoms with van der Waals surface area (Å²) in [4.78, 5) is 15.6. The van der Waals surface area contributed by atoms with Gasteiger partial charge in [0.25, 0.3) is 0 Å². The van der Waals surface area contributed by atoms with E-state index in [2.05, 4.69) is 35.8 Å². The smallest absolute Gasteiger partial charge is 0.243 e. The van der Waals surface area contributed by atoms with Crippen LogP contribution < -0.4 is 0 Å². The zero-order valence-electron chi connectivity index (χ0n) is 20.5. The van der Waals surface area contributed by atoms with Crippen LogP contribution in [0.1, 0.15) is 38.2 Å². The number of carbonyl (C=O) groups excluding carboxylic acids is 1. The average molecular weight is 494 g/mol. The van der Waals surface area contributed by atoms with Gasteiger partial charge >= 0.3 is 0 Å². The van der Waals surface area contributed by atoms with Crippen molar-refractivity contribution in [3.05, 3.63) is 66.4 Å². The van der Waals surface area contributed by atoms with Gasteiger partial charge in [0.2, 0.25) is 15.9 Å². The number of aryl methyl sites for hydroxylation is 1. The molecule has 0 saturated carbocycles. The lowest BCUT2D eigenvalue weighted by Gasteiger charge is -2.37. The van der Waals surface area contributed by atoms with Crippen LogP contribution in [0.25, 0.3) is 10.9 Å². The van der Waals surface area contributed by atoms with Gasteiger partial charge in [-0.1, -0.05) is 30.3 Å². The third kappa shape index (κ3) is 5.02. The summed E-state index contributed by atoms with van der Waals surface area (Å²) in [5.41, 5.74) is 2.39. The summed E-state index contributed by atoms with van der Waals surface area (Å²) in [7, 11) is -3.64. The van der Waals surface area contributed by atoms with Crippen molar-refractivity contribution in [3.63, 3.8) is 0 Å². The summed E-state index contributed by atoms with van der Waals surface area (Å²) in [6.45, 7) is 5.20. The van der Waals surface area contributed by atoms with Gasteiger partial charge in [-0.25, -0.2) is 8.42 Å². The molecule has 0 radical (unpaired) electrons. The molecule has 2 fully saturated rings. The number of aromatic nitrogens is 1. The molecule has 0 unspecified atom stereocenters. The van der Waals surface area contributed by atoms with Gasteiger partial charge < -0.3 is 9.47 Å². The molecule has 3 heterocycles. The zero-order chi connectivity index (χ0) is 24.4. The Hall–Kier alpha value is -2.64. The number of fused-ring (bicyclic) bond motifs is 1. The molecule has 35 heavy (non-hydrogen) atoms. The fourth-order valence-electron chi connectivity index (χ4n) is 5.69. The number of rotatable bonds is 6. The molecule has 186 valence electrons. The minimum absolute atomic E-state index is 0.124. The van der Waals surface area contributed by atoms with E-state index in [1.165, 1.54) is 9.87 Å². The zero-order valence-corrected chi connectivity index (χ0v) is 21.3. The largest absolute Gasteiger partial charge is 0.348 e. The predicted molar refractivity (Wildman–Crippen MR) is 139 cm³/mol. The average Bonchev–Trinajstić information content (AvgIpc) is 3.32. The third-order valence-electron chi connectivity index (χ3n) is 7.75. The molecule has 2 aliphatic heterocycles. The number of amides is 1. The van der Waals surface area contributed by atoms with Gasteiger partial charge in [0.15, 0.2) is 0 Å². The fourth-order valence-corrected chi connectivity index (χ4v) is 7.25. The Morgan fingerprint density at radius 1 is 0.971 bits per heavy atom. The van der Waals surface area contributed by atoms with Crippen LogP contribution in [-0.2, 0) is 27.8 Å². The Morgan fingerprint density at radius 2 is 1.74 bits per heavy atom. The number of likely N-dealkylation sites (tertiary alicyclic amines) is 1. The maximum atomic E-state index is 13.5. The van der Waals surface area contributed by atoms with Crippen molar-refractivity contribution in [2.75, 3.05) is 26.2 Å². The molecule has 1 atom stereocenters. The second-order valence-corrected chi connectivity index (χ2v) is 11.9. The van der Waals surface area contributed by atoms with Gasteiger partial charge in [0.1, 0.15) is 0 Å². The molecule has 7 heteroatoms. The van der Waals surface area contributed by atoms with Gasteiger partial charge in [-0.15, -0.1) is 0 Å². The van der Waals surface area contributed by atoms with Crippen molar-refractivity contribution in [2.45, 2.75) is 50.5 Å². The van der Waals surface area contributed by atoms with Crippen LogP contribution in [0.15, 0.2) is 65.7 Å². The Bertz CT molecular complexity index is 1280. The van der Waals surface area contributed by atoms with Crippen molar-refractivity contribution >= 4 is 26.8 Å². The first-order valence-electron chi connectivity index (χ1n) is 12.9. The second kappa shape index (κ2) is 10.2. The van der Waals surface area contributed by atoms with Crippen molar-refractivity contribution in [1.82, 2.24) is 13.8 Å². The molecule has 5 rings (SSSR count). The molecule has 3 aromatic rings. The maximum absolute atomic E-state index is 13.5. The molecular formula is C28H35N3O3S. The van der Waals surface area contributed by atoms with Crippen molar-refractivity contribution in [3.8, 4) is 0 Å². The number of benzene rings is 2. The van der Waals surface area contributed by atoms with Crippen LogP contribution in [0.2, 0.25) is 0 Å². The Kier molecular flexibility index (Phi) is 6.98. The van der Waals surface area contributed by atoms with E-state index in [0.29, 0.717) is 23.8 Å². The van der Waals surface area contributed by atoms with E-state index in [1.807, 2.05) is 29.3 Å². The van der Waals surface area contributed by atoms with E-state index < -0.39 is 10.0 Å². The molecule has 1 amide bonds. The molecule has 0 spiro atoms. The highest BCUT2D eigenvalue weighted by Gasteiger charge is 2.36. The number of nitrogens with zero attached hydrogens (tertiary/aromatic N) is 3. The van der Waals surface area contributed by atoms with Crippen LogP contribution in [0.4, 0.5) is 0 Å². The molecule has 6 nitrogen and oxygen atoms in total. The van der Waals surface area contributed by atoms with E-state index in [1.54, 1.807) is 12.1 Å². The van der Waals surface area contributed by atoms with Crippen molar-refractivity contribution in [2.24, 2.45) is 11.8 Å². The van der Waals surface area contributed by atoms with Crippen molar-refractivity contribution in [1.29, 1.82) is 0 Å². The fraction of sp³-hybridized carbons (Fsp3) is 0.464. The lowest BCUT2D eigenvalue weighted by atomic mass is 9.89. The van der Waals surface area contributed by atoms with Crippen LogP contribution >= 0.6 is 0 Å². The lowest BCUT2D eigenvalue weighted by Crippen LogP contribution is -2.48. The normalized spacial score (nSPS) is 20.4. The molecule has 2 aromatic carbocycles. The van der Waals surface area contributed by atoms with E-state index >= 15 is 0 Å². The summed E-state index contributed by atoms with van der Waals surface area (Å²) < 4.78 is 30.6. The number of hydrogen-bond acceptors (Lipinski definition) is 3. The molecule has 2 aliphatic rings. The third-order valence-corrected chi connectivity index (χ3v) is 9.61. The predicted octanol–water partition coefficient (Wildman–Crippen LogP) is 4.54. The van der Waals surface area contributed by atoms with Crippen LogP contribution in [0.5, 0.6) is 0 Å². The Balaban J connectivity index is 1.22. The quantitative estimate of drug-likeness (QED) is 0.506. The van der Waals surface area contributed by atoms with Crippen molar-refractivity contribution < 1.29 is 13.2 Å². The van der Waals surface area contributed by atoms with Gasteiger partial charge in [0, 0.05) is 49.8 Å². The summed E-state index contributed by atoms with van der Waals surface area (Å²) in [6.07, 6.45) is 6.53. The van der Waals surface area contributed by atoms with E-state index in [-0.39, 0.29) is 18.4 Å². The minimum Gasteiger partial charge on any atom is -0.348 e. The maximum Gasteiger partial charge on any atom is 0.243 e. The number of sulfonamides is 1. The second-order valence-electron chi connectivity index (χ2n) is 9.98. The summed E-state index contributed by atoms with van der Waals surface area (Å²) in [5, 5.41) is 0.927. The highest BCUT2D eigenvalue weighted by Crippen LogP contribution is 2.29. The Labute approximate surface area is 208 Å². The van der Waals surface area contributed by atoms with Gasteiger partial charge in [-0.3, -0.25) is 4.79 Å². The molecule has 1 aromatic heterocycles. The minimum atomic E-state index is -3.64. The van der Waals surface area contributed by atoms with Crippen LogP contribution in [0, 0.1) is 11.8 Å². The summed E-state index contributed by atoms with van der Waals surface area (Å²) in [5.74, 6) is 0.467. The number of piperidine rings is 2. The Morgan fingerprint density at radius 3 is 2.49 bits per heavy atom. The first kappa shape index (κ1) is 24.1. The molecule has 2 saturated heterocycles. The van der Waals surface area contributed by atoms with Gasteiger partial charge in [-0.05, 0) is 74.8 Å². The van der Waals surface area contributed by atoms with Gasteiger partial charge in [-0.2, -0.15) is 4.31 Å². The van der Waals surface area contributed by atoms with E-state index in [4.69, 9.17) is 0 Å². The van der Waals surface area contributed by atoms with E-state index in [0.717, 1.165) is 56.2 Å². The first-order chi connectivity index (χ1) is 17.0. The first-order valence-corrected chi connectivity index (χ1v) is 14.3. The van der Waals surface area contributed by atoms with E-state index in [9.17, 15) is 13.2 Å². The molecule has 0 bridgehead atoms. The summed E-state index contributed by atoms with van der Waals surface area (Å²) in [6, 6.07) is 17.9. The highest BCUT2D eigenvalue weighted by atomic mass is 32.2. The summed E-state index contributed by atoms with van der Waals surface area (Å²) >= 11 is 0. The lowest BCUT2D eigenvalue weighted by molar-refractivity contribution is -0.138. The number of hydrogen-bond donors (Lipinski definition) is 0. The standard InChI is InChI=1S/C28H35N3O3S/c1-2-29-18-14-24-20-26(10-11-27(24)29)35(33,34)31-15-6-9-25(21-31)28(32)30-16-12-23(13-17-30)19-22-7-4-3-5-8-22/h3-5,7-8,10-11,14,18,20,23,25H,2,6,9,12-13,15-17,19,21H2,1H3/t25-/m1/s1. The monoisotopic (exact) mass is 493 g/mol. The van der Waals surface area contributed by atoms with Crippen LogP contribution in [0.3, 0.4) is 0 Å². The topological polar surface area (TPSA) is 62.6 Å². The molecule has 0 N–H and O–H groups in total. The molecular weight excluding hydrogens is 458 g/mol. The molecule has 0 aliphatic carbocycles. The highest BCUT2D eigenvalue weighted by molar-refractivity contribution is 7.89. The van der Waals surface area contributed by atoms with Crippen LogP contribution in [-0.4, -0.2) is 54.3 Å². The van der Waals surface area contributed by atoms with Gasteiger partial charge in [0.05, 0.1) is 10.8 Å². The SMILES string of the molecule is CCn1ccc2cc(S(=O)(=O)N3CCC[C@@H](C(=O)N4CCC(Cc5ccccc5)CC4)C3)ccc21. The number of carbonyl (C=O) groups is 1.